The molecule has 3 unspecified atom stereocenters. The summed E-state index contributed by atoms with van der Waals surface area (Å²) in [6.45, 7) is 0.291. The van der Waals surface area contributed by atoms with Crippen molar-refractivity contribution < 1.29 is 10.2 Å². The highest BCUT2D eigenvalue weighted by Gasteiger charge is 2.18. The average Bonchev–Trinajstić information content (AvgIpc) is 2.14. The lowest BCUT2D eigenvalue weighted by Gasteiger charge is -2.28. The number of hydrogen-bond acceptors (Lipinski definition) is 4. The topological polar surface area (TPSA) is 78.5 Å². The fraction of sp³-hybridized carbons (Fsp3) is 1.00. The molecule has 0 saturated heterocycles. The predicted molar refractivity (Wildman–Crippen MR) is 51.3 cm³/mol. The van der Waals surface area contributed by atoms with Gasteiger partial charge in [-0.05, 0) is 19.3 Å². The van der Waals surface area contributed by atoms with Gasteiger partial charge >= 0.3 is 0 Å². The molecule has 0 aromatic heterocycles. The van der Waals surface area contributed by atoms with E-state index in [4.69, 9.17) is 15.9 Å². The molecule has 1 aliphatic carbocycles. The van der Waals surface area contributed by atoms with Gasteiger partial charge in [0.2, 0.25) is 0 Å². The van der Waals surface area contributed by atoms with Crippen LogP contribution in [0, 0.1) is 0 Å². The molecule has 4 heteroatoms. The van der Waals surface area contributed by atoms with E-state index in [1.54, 1.807) is 0 Å². The maximum Gasteiger partial charge on any atom is 0.0895 e. The van der Waals surface area contributed by atoms with Crippen LogP contribution in [-0.4, -0.2) is 41.6 Å². The standard InChI is InChI=1S/C9H20N2O2/c10-7-2-1-3-8(4-7)11-5-9(13)6-12/h7-9,11-13H,1-6,10H2. The zero-order valence-corrected chi connectivity index (χ0v) is 7.95. The lowest BCUT2D eigenvalue weighted by atomic mass is 9.91. The highest BCUT2D eigenvalue weighted by Crippen LogP contribution is 2.16. The zero-order chi connectivity index (χ0) is 9.68. The molecule has 0 heterocycles. The smallest absolute Gasteiger partial charge is 0.0895 e. The third kappa shape index (κ3) is 4.04. The van der Waals surface area contributed by atoms with Gasteiger partial charge in [-0.1, -0.05) is 6.42 Å². The monoisotopic (exact) mass is 188 g/mol. The zero-order valence-electron chi connectivity index (χ0n) is 7.95. The minimum atomic E-state index is -0.641. The van der Waals surface area contributed by atoms with Crippen LogP contribution in [0.5, 0.6) is 0 Å². The van der Waals surface area contributed by atoms with Crippen molar-refractivity contribution in [3.05, 3.63) is 0 Å². The molecule has 4 nitrogen and oxygen atoms in total. The molecule has 3 atom stereocenters. The fourth-order valence-electron chi connectivity index (χ4n) is 1.78. The minimum absolute atomic E-state index is 0.175. The van der Waals surface area contributed by atoms with Gasteiger partial charge in [0.05, 0.1) is 12.7 Å². The van der Waals surface area contributed by atoms with E-state index >= 15 is 0 Å². The van der Waals surface area contributed by atoms with Gasteiger partial charge in [-0.3, -0.25) is 0 Å². The van der Waals surface area contributed by atoms with E-state index in [2.05, 4.69) is 5.32 Å². The van der Waals surface area contributed by atoms with Crippen molar-refractivity contribution in [3.8, 4) is 0 Å². The van der Waals surface area contributed by atoms with Crippen molar-refractivity contribution in [1.29, 1.82) is 0 Å². The molecule has 1 fully saturated rings. The Kier molecular flexibility index (Phi) is 4.66. The summed E-state index contributed by atoms with van der Waals surface area (Å²) >= 11 is 0. The van der Waals surface area contributed by atoms with Gasteiger partial charge in [0.15, 0.2) is 0 Å². The second-order valence-corrected chi connectivity index (χ2v) is 3.87. The summed E-state index contributed by atoms with van der Waals surface area (Å²) in [5.74, 6) is 0. The molecule has 1 aliphatic rings. The highest BCUT2D eigenvalue weighted by molar-refractivity contribution is 4.80. The van der Waals surface area contributed by atoms with E-state index in [1.165, 1.54) is 0 Å². The second kappa shape index (κ2) is 5.54. The quantitative estimate of drug-likeness (QED) is 0.466. The summed E-state index contributed by atoms with van der Waals surface area (Å²) < 4.78 is 0. The summed E-state index contributed by atoms with van der Waals surface area (Å²) in [6.07, 6.45) is 3.75. The molecule has 0 aromatic carbocycles. The van der Waals surface area contributed by atoms with Crippen LogP contribution in [0.15, 0.2) is 0 Å². The van der Waals surface area contributed by atoms with Crippen molar-refractivity contribution in [2.24, 2.45) is 5.73 Å². The Morgan fingerprint density at radius 3 is 2.85 bits per heavy atom. The normalized spacial score (nSPS) is 31.6. The summed E-state index contributed by atoms with van der Waals surface area (Å²) in [4.78, 5) is 0. The van der Waals surface area contributed by atoms with Crippen molar-refractivity contribution in [1.82, 2.24) is 5.32 Å². The molecule has 0 spiro atoms. The first-order valence-corrected chi connectivity index (χ1v) is 5.00. The Morgan fingerprint density at radius 2 is 2.23 bits per heavy atom. The van der Waals surface area contributed by atoms with Crippen LogP contribution in [0.2, 0.25) is 0 Å². The number of hydrogen-bond donors (Lipinski definition) is 4. The minimum Gasteiger partial charge on any atom is -0.394 e. The third-order valence-corrected chi connectivity index (χ3v) is 2.57. The maximum atomic E-state index is 9.11. The van der Waals surface area contributed by atoms with Gasteiger partial charge in [0, 0.05) is 18.6 Å². The van der Waals surface area contributed by atoms with E-state index in [0.29, 0.717) is 18.6 Å². The molecule has 0 radical (unpaired) electrons. The lowest BCUT2D eigenvalue weighted by Crippen LogP contribution is -2.42. The number of aliphatic hydroxyl groups excluding tert-OH is 2. The van der Waals surface area contributed by atoms with Crippen LogP contribution in [0.25, 0.3) is 0 Å². The molecular weight excluding hydrogens is 168 g/mol. The van der Waals surface area contributed by atoms with E-state index < -0.39 is 6.10 Å². The first kappa shape index (κ1) is 10.9. The van der Waals surface area contributed by atoms with Gasteiger partial charge in [-0.15, -0.1) is 0 Å². The summed E-state index contributed by atoms with van der Waals surface area (Å²) in [7, 11) is 0. The van der Waals surface area contributed by atoms with Crippen LogP contribution < -0.4 is 11.1 Å². The molecular formula is C9H20N2O2. The number of nitrogens with one attached hydrogen (secondary N) is 1. The van der Waals surface area contributed by atoms with Crippen LogP contribution in [-0.2, 0) is 0 Å². The summed E-state index contributed by atoms with van der Waals surface area (Å²) in [6, 6.07) is 0.725. The Morgan fingerprint density at radius 1 is 1.46 bits per heavy atom. The average molecular weight is 188 g/mol. The first-order chi connectivity index (χ1) is 6.22. The van der Waals surface area contributed by atoms with Crippen LogP contribution >= 0.6 is 0 Å². The lowest BCUT2D eigenvalue weighted by molar-refractivity contribution is 0.0900. The maximum absolute atomic E-state index is 9.11. The fourth-order valence-corrected chi connectivity index (χ4v) is 1.78. The molecule has 78 valence electrons. The van der Waals surface area contributed by atoms with Gasteiger partial charge < -0.3 is 21.3 Å². The van der Waals surface area contributed by atoms with Crippen LogP contribution in [0.4, 0.5) is 0 Å². The molecule has 0 bridgehead atoms. The first-order valence-electron chi connectivity index (χ1n) is 5.00. The molecule has 1 saturated carbocycles. The molecule has 0 aromatic rings. The van der Waals surface area contributed by atoms with E-state index in [-0.39, 0.29) is 6.61 Å². The largest absolute Gasteiger partial charge is 0.394 e. The van der Waals surface area contributed by atoms with Gasteiger partial charge in [0.1, 0.15) is 0 Å². The third-order valence-electron chi connectivity index (χ3n) is 2.57. The van der Waals surface area contributed by atoms with Gasteiger partial charge in [-0.2, -0.15) is 0 Å². The molecule has 1 rings (SSSR count). The highest BCUT2D eigenvalue weighted by atomic mass is 16.3. The Hall–Kier alpha value is -0.160. The summed E-state index contributed by atoms with van der Waals surface area (Å²) in [5, 5.41) is 20.9. The van der Waals surface area contributed by atoms with Crippen molar-refractivity contribution >= 4 is 0 Å². The molecule has 13 heavy (non-hydrogen) atoms. The van der Waals surface area contributed by atoms with Crippen molar-refractivity contribution in [3.63, 3.8) is 0 Å². The summed E-state index contributed by atoms with van der Waals surface area (Å²) in [5.41, 5.74) is 5.81. The molecule has 5 N–H and O–H groups in total. The Labute approximate surface area is 79.1 Å². The predicted octanol–water partition coefficient (Wildman–Crippen LogP) is -0.801. The van der Waals surface area contributed by atoms with Gasteiger partial charge in [-0.25, -0.2) is 0 Å². The van der Waals surface area contributed by atoms with Crippen LogP contribution in [0.1, 0.15) is 25.7 Å². The van der Waals surface area contributed by atoms with Gasteiger partial charge in [0.25, 0.3) is 0 Å². The second-order valence-electron chi connectivity index (χ2n) is 3.87. The Bertz CT molecular complexity index is 144. The van der Waals surface area contributed by atoms with E-state index in [1.807, 2.05) is 0 Å². The van der Waals surface area contributed by atoms with Crippen molar-refractivity contribution in [2.45, 2.75) is 43.9 Å². The number of rotatable bonds is 4. The number of aliphatic hydroxyl groups is 2. The van der Waals surface area contributed by atoms with Crippen molar-refractivity contribution in [2.75, 3.05) is 13.2 Å². The molecule has 0 aliphatic heterocycles. The van der Waals surface area contributed by atoms with E-state index in [9.17, 15) is 0 Å². The number of nitrogens with two attached hydrogens (primary N) is 1. The SMILES string of the molecule is NC1CCCC(NCC(O)CO)C1. The Balaban J connectivity index is 2.13. The molecule has 0 amide bonds. The van der Waals surface area contributed by atoms with E-state index in [0.717, 1.165) is 25.7 Å². The van der Waals surface area contributed by atoms with Crippen LogP contribution in [0.3, 0.4) is 0 Å².